The lowest BCUT2D eigenvalue weighted by molar-refractivity contribution is -0.184. The monoisotopic (exact) mass is 405 g/mol. The van der Waals surface area contributed by atoms with Crippen molar-refractivity contribution in [1.29, 1.82) is 0 Å². The highest BCUT2D eigenvalue weighted by Crippen LogP contribution is 2.24. The summed E-state index contributed by atoms with van der Waals surface area (Å²) in [6.07, 6.45) is -0.800. The van der Waals surface area contributed by atoms with Crippen molar-refractivity contribution >= 4 is 30.7 Å². The molecule has 1 aliphatic rings. The minimum Gasteiger partial charge on any atom is -0.354 e. The number of piperazine rings is 1. The van der Waals surface area contributed by atoms with Gasteiger partial charge in [-0.15, -0.1) is 24.8 Å². The number of amides is 1. The third-order valence-electron chi connectivity index (χ3n) is 3.79. The zero-order valence-electron chi connectivity index (χ0n) is 13.9. The van der Waals surface area contributed by atoms with Gasteiger partial charge in [0.15, 0.2) is 0 Å². The van der Waals surface area contributed by atoms with Crippen LogP contribution in [0.5, 0.6) is 0 Å². The van der Waals surface area contributed by atoms with Crippen LogP contribution in [0.1, 0.15) is 12.0 Å². The molecule has 25 heavy (non-hydrogen) atoms. The Kier molecular flexibility index (Phi) is 10.4. The Morgan fingerprint density at radius 1 is 1.36 bits per heavy atom. The Morgan fingerprint density at radius 3 is 2.52 bits per heavy atom. The van der Waals surface area contributed by atoms with Gasteiger partial charge in [-0.05, 0) is 12.5 Å². The summed E-state index contributed by atoms with van der Waals surface area (Å²) in [7, 11) is 0. The van der Waals surface area contributed by atoms with E-state index < -0.39 is 24.7 Å². The number of rotatable bonds is 6. The summed E-state index contributed by atoms with van der Waals surface area (Å²) in [5.41, 5.74) is 0.973. The lowest BCUT2D eigenvalue weighted by atomic mass is 10.2. The van der Waals surface area contributed by atoms with Crippen molar-refractivity contribution < 1.29 is 18.0 Å². The molecule has 0 bridgehead atoms. The average Bonchev–Trinajstić information content (AvgIpc) is 2.91. The van der Waals surface area contributed by atoms with E-state index in [2.05, 4.69) is 15.7 Å². The Labute approximate surface area is 157 Å². The highest BCUT2D eigenvalue weighted by molar-refractivity contribution is 5.85. The van der Waals surface area contributed by atoms with Crippen LogP contribution in [0.2, 0.25) is 0 Å². The molecule has 2 heterocycles. The summed E-state index contributed by atoms with van der Waals surface area (Å²) in [4.78, 5) is 13.2. The Hall–Kier alpha value is -1.03. The third kappa shape index (κ3) is 7.81. The minimum absolute atomic E-state index is 0. The molecule has 1 atom stereocenters. The van der Waals surface area contributed by atoms with Gasteiger partial charge >= 0.3 is 6.18 Å². The largest absolute Gasteiger partial charge is 0.405 e. The number of aryl methyl sites for hydroxylation is 2. The highest BCUT2D eigenvalue weighted by atomic mass is 35.5. The number of hydrogen-bond acceptors (Lipinski definition) is 4. The van der Waals surface area contributed by atoms with Gasteiger partial charge in [0.1, 0.15) is 6.04 Å². The second kappa shape index (κ2) is 10.8. The molecule has 11 heteroatoms. The van der Waals surface area contributed by atoms with E-state index in [0.717, 1.165) is 5.56 Å². The molecule has 1 fully saturated rings. The van der Waals surface area contributed by atoms with Gasteiger partial charge in [-0.25, -0.2) is 0 Å². The van der Waals surface area contributed by atoms with E-state index in [1.54, 1.807) is 17.1 Å². The van der Waals surface area contributed by atoms with Gasteiger partial charge in [0.05, 0.1) is 6.20 Å². The molecule has 2 rings (SSSR count). The molecule has 1 amide bonds. The predicted molar refractivity (Wildman–Crippen MR) is 93.4 cm³/mol. The highest BCUT2D eigenvalue weighted by Gasteiger charge is 2.43. The molecule has 1 aromatic rings. The first-order chi connectivity index (χ1) is 10.9. The maximum absolute atomic E-state index is 13.2. The fraction of sp³-hybridized carbons (Fsp3) is 0.714. The van der Waals surface area contributed by atoms with Gasteiger partial charge in [-0.2, -0.15) is 18.3 Å². The lowest BCUT2D eigenvalue weighted by Gasteiger charge is -2.35. The molecule has 146 valence electrons. The summed E-state index contributed by atoms with van der Waals surface area (Å²) in [5, 5.41) is 9.46. The fourth-order valence-corrected chi connectivity index (χ4v) is 2.55. The molecule has 0 saturated carbocycles. The van der Waals surface area contributed by atoms with Crippen LogP contribution >= 0.6 is 24.8 Å². The van der Waals surface area contributed by atoms with Crippen LogP contribution in [0.3, 0.4) is 0 Å². The first-order valence-corrected chi connectivity index (χ1v) is 7.63. The number of alkyl halides is 3. The van der Waals surface area contributed by atoms with Gasteiger partial charge in [0.25, 0.3) is 0 Å². The number of aromatic nitrogens is 2. The molecule has 6 nitrogen and oxygen atoms in total. The van der Waals surface area contributed by atoms with Crippen LogP contribution in [0.15, 0.2) is 12.4 Å². The van der Waals surface area contributed by atoms with E-state index in [-0.39, 0.29) is 31.2 Å². The van der Waals surface area contributed by atoms with Crippen molar-refractivity contribution in [1.82, 2.24) is 25.3 Å². The quantitative estimate of drug-likeness (QED) is 0.750. The van der Waals surface area contributed by atoms with Gasteiger partial charge in [0.2, 0.25) is 5.91 Å². The number of halogens is 5. The van der Waals surface area contributed by atoms with Crippen molar-refractivity contribution in [3.05, 3.63) is 18.0 Å². The van der Waals surface area contributed by atoms with Crippen LogP contribution in [-0.2, 0) is 11.3 Å². The molecule has 0 aromatic carbocycles. The van der Waals surface area contributed by atoms with Crippen molar-refractivity contribution in [3.8, 4) is 0 Å². The van der Waals surface area contributed by atoms with Crippen molar-refractivity contribution in [2.45, 2.75) is 32.1 Å². The van der Waals surface area contributed by atoms with Crippen molar-refractivity contribution in [2.75, 3.05) is 32.7 Å². The molecule has 2 N–H and O–H groups in total. The molecular weight excluding hydrogens is 382 g/mol. The van der Waals surface area contributed by atoms with E-state index >= 15 is 0 Å². The molecule has 1 aromatic heterocycles. The van der Waals surface area contributed by atoms with E-state index in [4.69, 9.17) is 0 Å². The molecule has 1 aliphatic heterocycles. The van der Waals surface area contributed by atoms with Crippen LogP contribution in [0.4, 0.5) is 13.2 Å². The van der Waals surface area contributed by atoms with Gasteiger partial charge in [0, 0.05) is 51.9 Å². The van der Waals surface area contributed by atoms with Crippen molar-refractivity contribution in [2.24, 2.45) is 0 Å². The molecular formula is C14H24Cl2F3N5O. The normalized spacial score (nSPS) is 16.5. The van der Waals surface area contributed by atoms with Crippen molar-refractivity contribution in [3.63, 3.8) is 0 Å². The average molecular weight is 406 g/mol. The van der Waals surface area contributed by atoms with Gasteiger partial charge < -0.3 is 10.6 Å². The second-order valence-electron chi connectivity index (χ2n) is 5.68. The lowest BCUT2D eigenvalue weighted by Crippen LogP contribution is -2.57. The summed E-state index contributed by atoms with van der Waals surface area (Å²) in [5.74, 6) is -0.400. The first-order valence-electron chi connectivity index (χ1n) is 7.63. The SMILES string of the molecule is Cc1cnn(CCC(=O)NCC(N2CCNCC2)C(F)(F)F)c1.Cl.Cl. The predicted octanol–water partition coefficient (Wildman–Crippen LogP) is 1.38. The molecule has 1 unspecified atom stereocenters. The molecule has 0 radical (unpaired) electrons. The topological polar surface area (TPSA) is 62.2 Å². The maximum Gasteiger partial charge on any atom is 0.405 e. The Balaban J connectivity index is 0.00000288. The van der Waals surface area contributed by atoms with E-state index in [0.29, 0.717) is 32.7 Å². The summed E-state index contributed by atoms with van der Waals surface area (Å²) in [6.45, 7) is 3.52. The number of nitrogens with one attached hydrogen (secondary N) is 2. The molecule has 1 saturated heterocycles. The summed E-state index contributed by atoms with van der Waals surface area (Å²) >= 11 is 0. The van der Waals surface area contributed by atoms with Gasteiger partial charge in [-0.3, -0.25) is 14.4 Å². The van der Waals surface area contributed by atoms with E-state index in [9.17, 15) is 18.0 Å². The zero-order valence-corrected chi connectivity index (χ0v) is 15.5. The Bertz CT molecular complexity index is 521. The van der Waals surface area contributed by atoms with E-state index in [1.165, 1.54) is 4.90 Å². The molecule has 0 aliphatic carbocycles. The second-order valence-corrected chi connectivity index (χ2v) is 5.68. The maximum atomic E-state index is 13.2. The number of nitrogens with zero attached hydrogens (tertiary/aromatic N) is 3. The summed E-state index contributed by atoms with van der Waals surface area (Å²) < 4.78 is 41.1. The smallest absolute Gasteiger partial charge is 0.354 e. The number of carbonyl (C=O) groups is 1. The van der Waals surface area contributed by atoms with Crippen LogP contribution in [0, 0.1) is 6.92 Å². The van der Waals surface area contributed by atoms with Crippen LogP contribution < -0.4 is 10.6 Å². The minimum atomic E-state index is -4.36. The van der Waals surface area contributed by atoms with E-state index in [1.807, 2.05) is 6.92 Å². The standard InChI is InChI=1S/C14H22F3N5O.2ClH/c1-11-8-20-22(10-11)5-2-13(23)19-9-12(14(15,16)17)21-6-3-18-4-7-21;;/h8,10,12,18H,2-7,9H2,1H3,(H,19,23);2*1H. The van der Waals surface area contributed by atoms with Crippen LogP contribution in [-0.4, -0.2) is 65.5 Å². The number of carbonyl (C=O) groups excluding carboxylic acids is 1. The fourth-order valence-electron chi connectivity index (χ4n) is 2.55. The Morgan fingerprint density at radius 2 is 2.00 bits per heavy atom. The van der Waals surface area contributed by atoms with Gasteiger partial charge in [-0.1, -0.05) is 0 Å². The summed E-state index contributed by atoms with van der Waals surface area (Å²) in [6, 6.07) is -1.64. The molecule has 0 spiro atoms. The van der Waals surface area contributed by atoms with Crippen LogP contribution in [0.25, 0.3) is 0 Å². The first kappa shape index (κ1) is 24.0. The number of hydrogen-bond donors (Lipinski definition) is 2. The third-order valence-corrected chi connectivity index (χ3v) is 3.79. The zero-order chi connectivity index (χ0) is 16.9.